The number of likely N-dealkylation sites (tertiary alicyclic amines) is 1. The molecule has 0 bridgehead atoms. The van der Waals surface area contributed by atoms with Crippen molar-refractivity contribution in [3.63, 3.8) is 0 Å². The molecule has 0 amide bonds. The molecule has 0 unspecified atom stereocenters. The summed E-state index contributed by atoms with van der Waals surface area (Å²) in [6.45, 7) is 23.4. The third-order valence-corrected chi connectivity index (χ3v) is 4.43. The van der Waals surface area contributed by atoms with Gasteiger partial charge in [-0.15, -0.1) is 0 Å². The van der Waals surface area contributed by atoms with Crippen molar-refractivity contribution < 1.29 is 19.2 Å². The second-order valence-corrected chi connectivity index (χ2v) is 7.79. The molecule has 2 aliphatic rings. The van der Waals surface area contributed by atoms with E-state index in [4.69, 9.17) is 19.2 Å². The summed E-state index contributed by atoms with van der Waals surface area (Å²) in [6.07, 6.45) is 2.80. The number of nitrogens with zero attached hydrogens (tertiary/aromatic N) is 1. The Kier molecular flexibility index (Phi) is 11.9. The molecule has 1 N–H and O–H groups in total. The van der Waals surface area contributed by atoms with Gasteiger partial charge in [0.2, 0.25) is 0 Å². The first-order chi connectivity index (χ1) is 10.9. The van der Waals surface area contributed by atoms with E-state index < -0.39 is 0 Å². The summed E-state index contributed by atoms with van der Waals surface area (Å²) in [5.41, 5.74) is 0.0926. The molecule has 0 aromatic heterocycles. The van der Waals surface area contributed by atoms with Crippen molar-refractivity contribution in [2.75, 3.05) is 13.1 Å². The number of carboxylic acid groups (broad SMARTS) is 1. The molecular formula is C18H40BNO4. The molecule has 6 heteroatoms. The SMILES string of the molecule is CB1OC(C)(C)C(C)(C)O1.CC.CC(C)(C)N1CCCC1.O=CO. The van der Waals surface area contributed by atoms with Crippen molar-refractivity contribution >= 4 is 13.6 Å². The molecule has 5 nitrogen and oxygen atoms in total. The predicted molar refractivity (Wildman–Crippen MR) is 103 cm³/mol. The summed E-state index contributed by atoms with van der Waals surface area (Å²) >= 11 is 0. The van der Waals surface area contributed by atoms with Crippen LogP contribution in [-0.4, -0.2) is 53.4 Å². The van der Waals surface area contributed by atoms with Gasteiger partial charge in [0, 0.05) is 5.54 Å². The summed E-state index contributed by atoms with van der Waals surface area (Å²) in [4.78, 5) is 10.9. The van der Waals surface area contributed by atoms with Gasteiger partial charge in [-0.05, 0) is 81.2 Å². The molecule has 0 aromatic carbocycles. The van der Waals surface area contributed by atoms with Crippen LogP contribution in [-0.2, 0) is 14.1 Å². The smallest absolute Gasteiger partial charge is 0.454 e. The van der Waals surface area contributed by atoms with Crippen LogP contribution < -0.4 is 0 Å². The van der Waals surface area contributed by atoms with Crippen molar-refractivity contribution in [1.82, 2.24) is 4.90 Å². The molecule has 0 aliphatic carbocycles. The lowest BCUT2D eigenvalue weighted by Crippen LogP contribution is -2.41. The maximum atomic E-state index is 8.36. The average molecular weight is 345 g/mol. The van der Waals surface area contributed by atoms with Crippen LogP contribution in [0.5, 0.6) is 0 Å². The van der Waals surface area contributed by atoms with Gasteiger partial charge >= 0.3 is 7.12 Å². The highest BCUT2D eigenvalue weighted by Crippen LogP contribution is 2.36. The molecule has 2 heterocycles. The minimum Gasteiger partial charge on any atom is -0.483 e. The van der Waals surface area contributed by atoms with Gasteiger partial charge in [-0.1, -0.05) is 13.8 Å². The van der Waals surface area contributed by atoms with Crippen LogP contribution >= 0.6 is 0 Å². The largest absolute Gasteiger partial charge is 0.483 e. The van der Waals surface area contributed by atoms with Gasteiger partial charge < -0.3 is 14.4 Å². The Labute approximate surface area is 150 Å². The Bertz CT molecular complexity index is 318. The molecule has 0 saturated carbocycles. The maximum absolute atomic E-state index is 8.36. The molecule has 2 rings (SSSR count). The fraction of sp³-hybridized carbons (Fsp3) is 0.944. The maximum Gasteiger partial charge on any atom is 0.454 e. The van der Waals surface area contributed by atoms with Crippen LogP contribution in [0.4, 0.5) is 0 Å². The second kappa shape index (κ2) is 11.1. The molecule has 0 spiro atoms. The van der Waals surface area contributed by atoms with Crippen LogP contribution in [0, 0.1) is 0 Å². The van der Waals surface area contributed by atoms with E-state index in [2.05, 4.69) is 53.4 Å². The van der Waals surface area contributed by atoms with Gasteiger partial charge in [-0.3, -0.25) is 9.69 Å². The molecular weight excluding hydrogens is 305 g/mol. The molecule has 144 valence electrons. The number of rotatable bonds is 0. The summed E-state index contributed by atoms with van der Waals surface area (Å²) < 4.78 is 11.1. The van der Waals surface area contributed by atoms with E-state index in [1.54, 1.807) is 0 Å². The van der Waals surface area contributed by atoms with E-state index >= 15 is 0 Å². The highest BCUT2D eigenvalue weighted by molar-refractivity contribution is 6.43. The Morgan fingerprint density at radius 3 is 1.42 bits per heavy atom. The Morgan fingerprint density at radius 2 is 1.29 bits per heavy atom. The third kappa shape index (κ3) is 9.04. The highest BCUT2D eigenvalue weighted by Gasteiger charge is 2.48. The zero-order valence-corrected chi connectivity index (χ0v) is 17.6. The van der Waals surface area contributed by atoms with Crippen molar-refractivity contribution in [3.05, 3.63) is 0 Å². The molecule has 0 atom stereocenters. The minimum absolute atomic E-state index is 0.0648. The lowest BCUT2D eigenvalue weighted by Gasteiger charge is -2.32. The Hall–Kier alpha value is -0.585. The van der Waals surface area contributed by atoms with Crippen molar-refractivity contribution in [3.8, 4) is 0 Å². The summed E-state index contributed by atoms with van der Waals surface area (Å²) in [7, 11) is -0.0648. The van der Waals surface area contributed by atoms with Gasteiger partial charge in [0.25, 0.3) is 6.47 Å². The fourth-order valence-corrected chi connectivity index (χ4v) is 2.53. The van der Waals surface area contributed by atoms with E-state index in [1.807, 2.05) is 20.7 Å². The van der Waals surface area contributed by atoms with Crippen molar-refractivity contribution in [1.29, 1.82) is 0 Å². The molecule has 24 heavy (non-hydrogen) atoms. The normalized spacial score (nSPS) is 21.5. The quantitative estimate of drug-likeness (QED) is 0.523. The van der Waals surface area contributed by atoms with Crippen molar-refractivity contribution in [2.45, 2.75) is 98.7 Å². The van der Waals surface area contributed by atoms with Crippen LogP contribution in [0.1, 0.15) is 75.2 Å². The van der Waals surface area contributed by atoms with Crippen LogP contribution in [0.15, 0.2) is 0 Å². The number of carbonyl (C=O) groups is 1. The lowest BCUT2D eigenvalue weighted by atomic mass is 9.90. The summed E-state index contributed by atoms with van der Waals surface area (Å²) in [5.74, 6) is 0. The average Bonchev–Trinajstić information content (AvgIpc) is 3.00. The van der Waals surface area contributed by atoms with Crippen LogP contribution in [0.25, 0.3) is 0 Å². The number of hydrogen-bond donors (Lipinski definition) is 1. The number of hydrogen-bond acceptors (Lipinski definition) is 4. The van der Waals surface area contributed by atoms with Crippen LogP contribution in [0.3, 0.4) is 0 Å². The topological polar surface area (TPSA) is 59.0 Å². The van der Waals surface area contributed by atoms with Crippen LogP contribution in [0.2, 0.25) is 6.82 Å². The monoisotopic (exact) mass is 345 g/mol. The zero-order chi connectivity index (χ0) is 19.6. The lowest BCUT2D eigenvalue weighted by molar-refractivity contribution is -0.122. The first kappa shape index (κ1) is 25.7. The summed E-state index contributed by atoms with van der Waals surface area (Å²) in [6, 6.07) is 0. The highest BCUT2D eigenvalue weighted by atomic mass is 16.7. The molecule has 0 radical (unpaired) electrons. The Balaban J connectivity index is 0. The van der Waals surface area contributed by atoms with Gasteiger partial charge in [0.05, 0.1) is 11.2 Å². The van der Waals surface area contributed by atoms with Gasteiger partial charge in [0.15, 0.2) is 0 Å². The molecule has 2 fully saturated rings. The molecule has 2 aliphatic heterocycles. The minimum atomic E-state index is -0.250. The summed E-state index contributed by atoms with van der Waals surface area (Å²) in [5, 5.41) is 6.89. The van der Waals surface area contributed by atoms with E-state index in [0.29, 0.717) is 5.54 Å². The van der Waals surface area contributed by atoms with Crippen molar-refractivity contribution in [2.24, 2.45) is 0 Å². The molecule has 2 saturated heterocycles. The second-order valence-electron chi connectivity index (χ2n) is 7.79. The first-order valence-electron chi connectivity index (χ1n) is 9.06. The first-order valence-corrected chi connectivity index (χ1v) is 9.06. The predicted octanol–water partition coefficient (Wildman–Crippen LogP) is 4.32. The van der Waals surface area contributed by atoms with Gasteiger partial charge in [-0.25, -0.2) is 0 Å². The Morgan fingerprint density at radius 1 is 1.00 bits per heavy atom. The van der Waals surface area contributed by atoms with E-state index in [-0.39, 0.29) is 24.8 Å². The van der Waals surface area contributed by atoms with E-state index in [1.165, 1.54) is 25.9 Å². The standard InChI is InChI=1S/C8H17N.C7H15BO2.C2H6.CH2O2/c1-8(2,3)9-6-4-5-7-9;1-6(2)7(3,4)10-8(5)9-6;1-2;2-1-3/h4-7H2,1-3H3;1-5H3;1-2H3;1H,(H,2,3). The van der Waals surface area contributed by atoms with E-state index in [0.717, 1.165) is 0 Å². The fourth-order valence-electron chi connectivity index (χ4n) is 2.53. The zero-order valence-electron chi connectivity index (χ0n) is 17.6. The van der Waals surface area contributed by atoms with Gasteiger partial charge in [-0.2, -0.15) is 0 Å². The van der Waals surface area contributed by atoms with E-state index in [9.17, 15) is 0 Å². The third-order valence-electron chi connectivity index (χ3n) is 4.43. The van der Waals surface area contributed by atoms with Gasteiger partial charge in [0.1, 0.15) is 0 Å². The molecule has 0 aromatic rings.